The van der Waals surface area contributed by atoms with Crippen LogP contribution in [0.15, 0.2) is 73.2 Å². The number of rotatable bonds is 8. The number of carbonyl (C=O) groups excluding carboxylic acids is 2. The van der Waals surface area contributed by atoms with Crippen LogP contribution in [0.25, 0.3) is 11.3 Å². The van der Waals surface area contributed by atoms with E-state index < -0.39 is 6.04 Å². The van der Waals surface area contributed by atoms with Gasteiger partial charge in [0.1, 0.15) is 0 Å². The highest BCUT2D eigenvalue weighted by atomic mass is 16.1. The number of benzene rings is 2. The van der Waals surface area contributed by atoms with E-state index in [4.69, 9.17) is 4.98 Å². The molecule has 2 aromatic heterocycles. The number of ketones is 2. The van der Waals surface area contributed by atoms with Gasteiger partial charge in [0.25, 0.3) is 0 Å². The normalized spacial score (nSPS) is 14.9. The molecular weight excluding hydrogens is 488 g/mol. The Morgan fingerprint density at radius 3 is 2.62 bits per heavy atom. The van der Waals surface area contributed by atoms with Crippen LogP contribution in [0.4, 0.5) is 11.6 Å². The van der Waals surface area contributed by atoms with Crippen molar-refractivity contribution in [1.29, 1.82) is 0 Å². The lowest BCUT2D eigenvalue weighted by Gasteiger charge is -2.26. The molecule has 2 aromatic carbocycles. The highest BCUT2D eigenvalue weighted by Crippen LogP contribution is 2.29. The molecule has 0 bridgehead atoms. The number of carbonyl (C=O) groups is 2. The number of nitrogens with zero attached hydrogens (tertiary/aromatic N) is 4. The zero-order chi connectivity index (χ0) is 27.5. The van der Waals surface area contributed by atoms with Crippen LogP contribution in [0.1, 0.15) is 58.5 Å². The summed E-state index contributed by atoms with van der Waals surface area (Å²) in [5.74, 6) is 0.105. The molecule has 0 aliphatic carbocycles. The van der Waals surface area contributed by atoms with Gasteiger partial charge in [0.2, 0.25) is 5.95 Å². The summed E-state index contributed by atoms with van der Waals surface area (Å²) in [7, 11) is 0. The Labute approximate surface area is 228 Å². The minimum atomic E-state index is -0.533. The highest BCUT2D eigenvalue weighted by Gasteiger charge is 2.25. The number of hydrogen-bond acceptors (Lipinski definition) is 7. The van der Waals surface area contributed by atoms with Gasteiger partial charge in [-0.3, -0.25) is 14.3 Å². The summed E-state index contributed by atoms with van der Waals surface area (Å²) in [6, 6.07) is 13.0. The molecule has 8 heteroatoms. The van der Waals surface area contributed by atoms with Gasteiger partial charge in [-0.1, -0.05) is 35.9 Å². The third-order valence-electron chi connectivity index (χ3n) is 6.85. The van der Waals surface area contributed by atoms with E-state index in [9.17, 15) is 9.59 Å². The summed E-state index contributed by atoms with van der Waals surface area (Å²) in [6.45, 7) is 8.79. The molecule has 198 valence electrons. The quantitative estimate of drug-likeness (QED) is 0.234. The predicted octanol–water partition coefficient (Wildman–Crippen LogP) is 5.48. The topological polar surface area (TPSA) is 102 Å². The van der Waals surface area contributed by atoms with Crippen LogP contribution in [0.2, 0.25) is 0 Å². The van der Waals surface area contributed by atoms with Crippen LogP contribution in [0.5, 0.6) is 0 Å². The molecular formula is C31H32N6O2. The third kappa shape index (κ3) is 5.86. The van der Waals surface area contributed by atoms with Crippen molar-refractivity contribution in [2.24, 2.45) is 0 Å². The Morgan fingerprint density at radius 1 is 1.08 bits per heavy atom. The van der Waals surface area contributed by atoms with Crippen molar-refractivity contribution in [3.8, 4) is 11.3 Å². The van der Waals surface area contributed by atoms with Gasteiger partial charge >= 0.3 is 0 Å². The fourth-order valence-electron chi connectivity index (χ4n) is 4.62. The van der Waals surface area contributed by atoms with Crippen LogP contribution >= 0.6 is 0 Å². The first-order valence-corrected chi connectivity index (χ1v) is 13.1. The fraction of sp³-hybridized carbons (Fsp3) is 0.258. The molecule has 5 rings (SSSR count). The lowest BCUT2D eigenvalue weighted by Crippen LogP contribution is -2.34. The first-order valence-electron chi connectivity index (χ1n) is 13.1. The van der Waals surface area contributed by atoms with Crippen LogP contribution in [-0.4, -0.2) is 37.9 Å². The Balaban J connectivity index is 1.35. The van der Waals surface area contributed by atoms with E-state index in [0.29, 0.717) is 18.1 Å². The lowest BCUT2D eigenvalue weighted by molar-refractivity contribution is -0.116. The van der Waals surface area contributed by atoms with Crippen LogP contribution in [-0.2, 0) is 11.2 Å². The SMILES string of the molecule is Cc1ccc(C(=O)C=CC(=O)C2NCCc3ccc(Nc4ncc(C)c(-c5cnn(C(C)C)c5)n4)cc32)cc1. The molecule has 0 saturated heterocycles. The summed E-state index contributed by atoms with van der Waals surface area (Å²) >= 11 is 0. The zero-order valence-electron chi connectivity index (χ0n) is 22.6. The predicted molar refractivity (Wildman–Crippen MR) is 152 cm³/mol. The molecule has 4 aromatic rings. The molecule has 1 aliphatic heterocycles. The minimum absolute atomic E-state index is 0.162. The molecule has 2 N–H and O–H groups in total. The van der Waals surface area contributed by atoms with Gasteiger partial charge < -0.3 is 10.6 Å². The number of hydrogen-bond donors (Lipinski definition) is 2. The monoisotopic (exact) mass is 520 g/mol. The molecule has 1 unspecified atom stereocenters. The average Bonchev–Trinajstić information content (AvgIpc) is 3.43. The van der Waals surface area contributed by atoms with Crippen molar-refractivity contribution in [1.82, 2.24) is 25.1 Å². The van der Waals surface area contributed by atoms with E-state index in [-0.39, 0.29) is 17.6 Å². The fourth-order valence-corrected chi connectivity index (χ4v) is 4.62. The van der Waals surface area contributed by atoms with E-state index in [0.717, 1.165) is 45.6 Å². The Morgan fingerprint density at radius 2 is 1.87 bits per heavy atom. The Kier molecular flexibility index (Phi) is 7.47. The van der Waals surface area contributed by atoms with E-state index >= 15 is 0 Å². The molecule has 0 fully saturated rings. The summed E-state index contributed by atoms with van der Waals surface area (Å²) in [5.41, 5.74) is 7.10. The van der Waals surface area contributed by atoms with E-state index in [2.05, 4.69) is 34.6 Å². The largest absolute Gasteiger partial charge is 0.324 e. The van der Waals surface area contributed by atoms with Crippen molar-refractivity contribution >= 4 is 23.2 Å². The maximum absolute atomic E-state index is 13.2. The number of anilines is 2. The van der Waals surface area contributed by atoms with Crippen molar-refractivity contribution < 1.29 is 9.59 Å². The third-order valence-corrected chi connectivity index (χ3v) is 6.85. The van der Waals surface area contributed by atoms with Gasteiger partial charge in [0.05, 0.1) is 17.9 Å². The number of aromatic nitrogens is 4. The number of nitrogens with one attached hydrogen (secondary N) is 2. The molecule has 0 amide bonds. The molecule has 1 aliphatic rings. The molecule has 0 spiro atoms. The van der Waals surface area contributed by atoms with Gasteiger partial charge in [0, 0.05) is 41.8 Å². The minimum Gasteiger partial charge on any atom is -0.324 e. The summed E-state index contributed by atoms with van der Waals surface area (Å²) in [5, 5.41) is 11.0. The summed E-state index contributed by atoms with van der Waals surface area (Å²) in [4.78, 5) is 34.9. The Hall–Kier alpha value is -4.43. The molecule has 0 saturated carbocycles. The van der Waals surface area contributed by atoms with Gasteiger partial charge in [-0.25, -0.2) is 9.97 Å². The van der Waals surface area contributed by atoms with Crippen molar-refractivity contribution in [2.75, 3.05) is 11.9 Å². The van der Waals surface area contributed by atoms with E-state index in [1.165, 1.54) is 12.2 Å². The van der Waals surface area contributed by atoms with Crippen molar-refractivity contribution in [3.05, 3.63) is 101 Å². The first kappa shape index (κ1) is 26.2. The summed E-state index contributed by atoms with van der Waals surface area (Å²) in [6.07, 6.45) is 9.14. The van der Waals surface area contributed by atoms with Gasteiger partial charge in [-0.2, -0.15) is 5.10 Å². The molecule has 8 nitrogen and oxygen atoms in total. The zero-order valence-corrected chi connectivity index (χ0v) is 22.6. The second-order valence-corrected chi connectivity index (χ2v) is 10.2. The van der Waals surface area contributed by atoms with Gasteiger partial charge in [0.15, 0.2) is 11.6 Å². The van der Waals surface area contributed by atoms with E-state index in [1.54, 1.807) is 18.3 Å². The molecule has 3 heterocycles. The van der Waals surface area contributed by atoms with Crippen LogP contribution in [0.3, 0.4) is 0 Å². The van der Waals surface area contributed by atoms with Crippen LogP contribution in [0, 0.1) is 13.8 Å². The first-order chi connectivity index (χ1) is 18.8. The van der Waals surface area contributed by atoms with Crippen molar-refractivity contribution in [2.45, 2.75) is 46.2 Å². The molecule has 1 atom stereocenters. The standard InChI is InChI=1S/C31H32N6O2/c1-19(2)37-18-24(17-34-37)29-21(4)16-33-31(36-29)35-25-10-9-22-13-14-32-30(26(22)15-25)28(39)12-11-27(38)23-7-5-20(3)6-8-23/h5-12,15-19,30,32H,13-14H2,1-4H3,(H,33,35,36). The molecule has 39 heavy (non-hydrogen) atoms. The number of allylic oxidation sites excluding steroid dienone is 1. The summed E-state index contributed by atoms with van der Waals surface area (Å²) < 4.78 is 1.90. The van der Waals surface area contributed by atoms with Gasteiger partial charge in [-0.15, -0.1) is 0 Å². The van der Waals surface area contributed by atoms with Crippen LogP contribution < -0.4 is 10.6 Å². The second-order valence-electron chi connectivity index (χ2n) is 10.2. The lowest BCUT2D eigenvalue weighted by atomic mass is 9.91. The van der Waals surface area contributed by atoms with E-state index in [1.807, 2.05) is 61.3 Å². The Bertz CT molecular complexity index is 1550. The maximum atomic E-state index is 13.2. The molecule has 0 radical (unpaired) electrons. The average molecular weight is 521 g/mol. The number of aryl methyl sites for hydroxylation is 2. The maximum Gasteiger partial charge on any atom is 0.227 e. The van der Waals surface area contributed by atoms with Crippen molar-refractivity contribution in [3.63, 3.8) is 0 Å². The second kappa shape index (κ2) is 11.1. The van der Waals surface area contributed by atoms with Gasteiger partial charge in [-0.05, 0) is 75.1 Å². The number of fused-ring (bicyclic) bond motifs is 1. The smallest absolute Gasteiger partial charge is 0.227 e. The highest BCUT2D eigenvalue weighted by molar-refractivity contribution is 6.08.